The summed E-state index contributed by atoms with van der Waals surface area (Å²) in [6.45, 7) is 4.61. The number of nitrogens with one attached hydrogen (secondary N) is 1. The molecule has 0 saturated heterocycles. The van der Waals surface area contributed by atoms with Gasteiger partial charge in [0.2, 0.25) is 11.6 Å². The maximum atomic E-state index is 13.6. The van der Waals surface area contributed by atoms with Crippen LogP contribution in [0.15, 0.2) is 18.2 Å². The normalized spacial score (nSPS) is 13.1. The van der Waals surface area contributed by atoms with E-state index in [1.54, 1.807) is 0 Å². The van der Waals surface area contributed by atoms with Crippen molar-refractivity contribution in [1.29, 1.82) is 0 Å². The van der Waals surface area contributed by atoms with Gasteiger partial charge in [-0.2, -0.15) is 4.39 Å². The van der Waals surface area contributed by atoms with E-state index in [4.69, 9.17) is 9.47 Å². The minimum absolute atomic E-state index is 0.696. The second kappa shape index (κ2) is 8.97. The van der Waals surface area contributed by atoms with Crippen molar-refractivity contribution in [2.75, 3.05) is 0 Å². The van der Waals surface area contributed by atoms with Gasteiger partial charge in [-0.15, -0.1) is 0 Å². The van der Waals surface area contributed by atoms with Crippen LogP contribution in [0.5, 0.6) is 5.75 Å². The SMILES string of the molecule is CC(C)(C)OC(=O)N[C@@H](C[C@H](Oc1cccc(F)c1[N+](=O)[O-])C(=O)O)C(=O)O. The molecule has 0 aliphatic rings. The molecule has 0 unspecified atom stereocenters. The van der Waals surface area contributed by atoms with Gasteiger partial charge in [-0.25, -0.2) is 14.4 Å². The Kier molecular flexibility index (Phi) is 7.24. The number of aliphatic carboxylic acids is 2. The third-order valence-electron chi connectivity index (χ3n) is 3.12. The predicted molar refractivity (Wildman–Crippen MR) is 90.5 cm³/mol. The van der Waals surface area contributed by atoms with Crippen molar-refractivity contribution in [3.8, 4) is 5.75 Å². The van der Waals surface area contributed by atoms with Crippen molar-refractivity contribution in [1.82, 2.24) is 5.32 Å². The quantitative estimate of drug-likeness (QED) is 0.435. The third kappa shape index (κ3) is 6.70. The Labute approximate surface area is 158 Å². The third-order valence-corrected chi connectivity index (χ3v) is 3.12. The molecule has 28 heavy (non-hydrogen) atoms. The Hall–Kier alpha value is -3.44. The zero-order chi connectivity index (χ0) is 21.6. The summed E-state index contributed by atoms with van der Waals surface area (Å²) in [6, 6.07) is 1.06. The van der Waals surface area contributed by atoms with Crippen LogP contribution in [0.1, 0.15) is 27.2 Å². The number of rotatable bonds is 8. The van der Waals surface area contributed by atoms with Crippen molar-refractivity contribution < 1.29 is 43.4 Å². The summed E-state index contributed by atoms with van der Waals surface area (Å²) in [5.74, 6) is -5.21. The summed E-state index contributed by atoms with van der Waals surface area (Å²) in [5.41, 5.74) is -2.03. The minimum Gasteiger partial charge on any atom is -0.480 e. The summed E-state index contributed by atoms with van der Waals surface area (Å²) >= 11 is 0. The Balaban J connectivity index is 3.04. The van der Waals surface area contributed by atoms with E-state index in [9.17, 15) is 39.1 Å². The molecule has 0 heterocycles. The topological polar surface area (TPSA) is 165 Å². The molecule has 0 spiro atoms. The van der Waals surface area contributed by atoms with Gasteiger partial charge in [0.05, 0.1) is 4.92 Å². The summed E-state index contributed by atoms with van der Waals surface area (Å²) < 4.78 is 23.5. The predicted octanol–water partition coefficient (Wildman–Crippen LogP) is 1.93. The van der Waals surface area contributed by atoms with Crippen LogP contribution in [-0.4, -0.2) is 50.9 Å². The van der Waals surface area contributed by atoms with Gasteiger partial charge in [0.1, 0.15) is 11.6 Å². The lowest BCUT2D eigenvalue weighted by atomic mass is 10.1. The number of halogens is 1. The van der Waals surface area contributed by atoms with E-state index in [-0.39, 0.29) is 0 Å². The number of nitrogens with zero attached hydrogens (tertiary/aromatic N) is 1. The maximum absolute atomic E-state index is 13.6. The van der Waals surface area contributed by atoms with Gasteiger partial charge in [-0.05, 0) is 32.9 Å². The van der Waals surface area contributed by atoms with Gasteiger partial charge >= 0.3 is 23.7 Å². The summed E-state index contributed by atoms with van der Waals surface area (Å²) in [7, 11) is 0. The molecule has 2 atom stereocenters. The van der Waals surface area contributed by atoms with E-state index >= 15 is 0 Å². The molecule has 0 radical (unpaired) electrons. The Bertz CT molecular complexity index is 776. The van der Waals surface area contributed by atoms with E-state index in [1.165, 1.54) is 20.8 Å². The van der Waals surface area contributed by atoms with Crippen molar-refractivity contribution in [2.24, 2.45) is 0 Å². The molecule has 11 nitrogen and oxygen atoms in total. The lowest BCUT2D eigenvalue weighted by Gasteiger charge is -2.23. The summed E-state index contributed by atoms with van der Waals surface area (Å²) in [5, 5.41) is 31.4. The lowest BCUT2D eigenvalue weighted by Crippen LogP contribution is -2.47. The van der Waals surface area contributed by atoms with Crippen molar-refractivity contribution in [2.45, 2.75) is 44.9 Å². The zero-order valence-corrected chi connectivity index (χ0v) is 15.2. The molecule has 154 valence electrons. The smallest absolute Gasteiger partial charge is 0.408 e. The average Bonchev–Trinajstić information content (AvgIpc) is 2.50. The highest BCUT2D eigenvalue weighted by Gasteiger charge is 2.33. The largest absolute Gasteiger partial charge is 0.480 e. The molecular weight excluding hydrogens is 383 g/mol. The number of ether oxygens (including phenoxy) is 2. The van der Waals surface area contributed by atoms with Crippen molar-refractivity contribution in [3.63, 3.8) is 0 Å². The van der Waals surface area contributed by atoms with E-state index < -0.39 is 64.4 Å². The van der Waals surface area contributed by atoms with Crippen molar-refractivity contribution >= 4 is 23.7 Å². The molecule has 0 saturated carbocycles. The van der Waals surface area contributed by atoms with E-state index in [2.05, 4.69) is 0 Å². The number of amides is 1. The molecule has 1 amide bonds. The standard InChI is InChI=1S/C16H19FN2O9/c1-16(2,3)28-15(24)18-9(13(20)21)7-11(14(22)23)27-10-6-4-5-8(17)12(10)19(25)26/h4-6,9,11H,7H2,1-3H3,(H,18,24)(H,20,21)(H,22,23)/t9-,11-/m0/s1. The second-order valence-electron chi connectivity index (χ2n) is 6.56. The molecular formula is C16H19FN2O9. The van der Waals surface area contributed by atoms with Crippen LogP contribution in [0.3, 0.4) is 0 Å². The Morgan fingerprint density at radius 3 is 2.32 bits per heavy atom. The van der Waals surface area contributed by atoms with E-state index in [0.29, 0.717) is 0 Å². The molecule has 12 heteroatoms. The number of nitro benzene ring substituents is 1. The van der Waals surface area contributed by atoms with Crippen LogP contribution in [0.2, 0.25) is 0 Å². The van der Waals surface area contributed by atoms with Crippen LogP contribution in [-0.2, 0) is 14.3 Å². The maximum Gasteiger partial charge on any atom is 0.408 e. The molecule has 0 fully saturated rings. The number of carboxylic acids is 2. The molecule has 1 aromatic rings. The number of hydrogen-bond donors (Lipinski definition) is 3. The second-order valence-corrected chi connectivity index (χ2v) is 6.56. The van der Waals surface area contributed by atoms with Crippen molar-refractivity contribution in [3.05, 3.63) is 34.1 Å². The number of carboxylic acid groups (broad SMARTS) is 2. The number of carbonyl (C=O) groups is 3. The van der Waals surface area contributed by atoms with Gasteiger partial charge in [0, 0.05) is 6.42 Å². The monoisotopic (exact) mass is 402 g/mol. The number of alkyl carbamates (subject to hydrolysis) is 1. The highest BCUT2D eigenvalue weighted by molar-refractivity contribution is 5.81. The van der Waals surface area contributed by atoms with Gasteiger partial charge < -0.3 is 25.0 Å². The number of para-hydroxylation sites is 1. The first-order valence-corrected chi connectivity index (χ1v) is 7.86. The molecule has 0 aromatic heterocycles. The molecule has 0 aliphatic carbocycles. The van der Waals surface area contributed by atoms with Crippen LogP contribution < -0.4 is 10.1 Å². The van der Waals surface area contributed by atoms with Gasteiger partial charge in [0.25, 0.3) is 0 Å². The summed E-state index contributed by atoms with van der Waals surface area (Å²) in [6.07, 6.45) is -3.85. The Morgan fingerprint density at radius 2 is 1.86 bits per heavy atom. The molecule has 0 aliphatic heterocycles. The first kappa shape index (κ1) is 22.6. The molecule has 1 aromatic carbocycles. The lowest BCUT2D eigenvalue weighted by molar-refractivity contribution is -0.388. The summed E-state index contributed by atoms with van der Waals surface area (Å²) in [4.78, 5) is 44.4. The van der Waals surface area contributed by atoms with Crippen LogP contribution in [0.25, 0.3) is 0 Å². The molecule has 0 bridgehead atoms. The van der Waals surface area contributed by atoms with E-state index in [1.807, 2.05) is 5.32 Å². The van der Waals surface area contributed by atoms with Gasteiger partial charge in [-0.1, -0.05) is 6.07 Å². The van der Waals surface area contributed by atoms with Crippen LogP contribution >= 0.6 is 0 Å². The first-order chi connectivity index (χ1) is 12.8. The number of nitro groups is 1. The Morgan fingerprint density at radius 1 is 1.25 bits per heavy atom. The first-order valence-electron chi connectivity index (χ1n) is 7.86. The highest BCUT2D eigenvalue weighted by atomic mass is 19.1. The van der Waals surface area contributed by atoms with Gasteiger partial charge in [-0.3, -0.25) is 10.1 Å². The fourth-order valence-electron chi connectivity index (χ4n) is 2.01. The van der Waals surface area contributed by atoms with Crippen LogP contribution in [0.4, 0.5) is 14.9 Å². The fraction of sp³-hybridized carbons (Fsp3) is 0.438. The van der Waals surface area contributed by atoms with E-state index in [0.717, 1.165) is 18.2 Å². The molecule has 3 N–H and O–H groups in total. The van der Waals surface area contributed by atoms with Gasteiger partial charge in [0.15, 0.2) is 6.10 Å². The van der Waals surface area contributed by atoms with Crippen LogP contribution in [0, 0.1) is 15.9 Å². The number of benzene rings is 1. The average molecular weight is 402 g/mol. The fourth-order valence-corrected chi connectivity index (χ4v) is 2.01. The number of hydrogen-bond acceptors (Lipinski definition) is 7. The zero-order valence-electron chi connectivity index (χ0n) is 15.2. The molecule has 1 rings (SSSR count). The number of carbonyl (C=O) groups excluding carboxylic acids is 1. The highest BCUT2D eigenvalue weighted by Crippen LogP contribution is 2.31. The minimum atomic E-state index is -1.93.